The molecule has 2 heterocycles. The third-order valence-electron chi connectivity index (χ3n) is 5.79. The molecule has 29 heavy (non-hydrogen) atoms. The molecule has 3 aromatic rings. The van der Waals surface area contributed by atoms with Gasteiger partial charge in [0.25, 0.3) is 5.91 Å². The van der Waals surface area contributed by atoms with Crippen LogP contribution in [0, 0.1) is 11.6 Å². The summed E-state index contributed by atoms with van der Waals surface area (Å²) in [5, 5.41) is 11.4. The lowest BCUT2D eigenvalue weighted by Crippen LogP contribution is -2.31. The van der Waals surface area contributed by atoms with E-state index in [0.717, 1.165) is 67.1 Å². The Kier molecular flexibility index (Phi) is 4.41. The van der Waals surface area contributed by atoms with Crippen LogP contribution in [0.5, 0.6) is 0 Å². The molecule has 0 unspecified atom stereocenters. The maximum Gasteiger partial charge on any atom is 0.290 e. The first-order valence-corrected chi connectivity index (χ1v) is 9.92. The predicted molar refractivity (Wildman–Crippen MR) is 99.8 cm³/mol. The Labute approximate surface area is 165 Å². The molecule has 2 aromatic heterocycles. The summed E-state index contributed by atoms with van der Waals surface area (Å²) in [5.41, 5.74) is 3.66. The van der Waals surface area contributed by atoms with Crippen molar-refractivity contribution in [2.45, 2.75) is 51.0 Å². The lowest BCUT2D eigenvalue weighted by Gasteiger charge is -2.24. The van der Waals surface area contributed by atoms with Gasteiger partial charge in [-0.05, 0) is 57.1 Å². The second-order valence-electron chi connectivity index (χ2n) is 7.62. The number of aryl methyl sites for hydroxylation is 1. The third kappa shape index (κ3) is 3.12. The van der Waals surface area contributed by atoms with E-state index in [-0.39, 0.29) is 17.6 Å². The summed E-state index contributed by atoms with van der Waals surface area (Å²) in [6, 6.07) is 3.19. The number of fused-ring (bicyclic) bond motifs is 2. The Hall–Kier alpha value is -3.03. The zero-order valence-corrected chi connectivity index (χ0v) is 15.8. The van der Waals surface area contributed by atoms with Gasteiger partial charge < -0.3 is 9.84 Å². The van der Waals surface area contributed by atoms with Crippen molar-refractivity contribution < 1.29 is 18.1 Å². The smallest absolute Gasteiger partial charge is 0.290 e. The SMILES string of the molecule is O=C(N[C@@H]1CCCc2c1cnn2-c1ccc(F)cc1F)c1onc2c1CCCC2. The van der Waals surface area contributed by atoms with Gasteiger partial charge in [0.1, 0.15) is 11.5 Å². The van der Waals surface area contributed by atoms with E-state index < -0.39 is 11.6 Å². The van der Waals surface area contributed by atoms with Crippen molar-refractivity contribution in [3.05, 3.63) is 64.3 Å². The second kappa shape index (κ2) is 7.09. The number of carbonyl (C=O) groups is 1. The van der Waals surface area contributed by atoms with Crippen LogP contribution >= 0.6 is 0 Å². The number of hydrogen-bond donors (Lipinski definition) is 1. The molecule has 5 rings (SSSR count). The van der Waals surface area contributed by atoms with Crippen LogP contribution in [0.1, 0.15) is 64.8 Å². The molecule has 2 aliphatic carbocycles. The molecule has 0 radical (unpaired) electrons. The molecule has 8 heteroatoms. The first-order chi connectivity index (χ1) is 14.1. The summed E-state index contributed by atoms with van der Waals surface area (Å²) in [5.74, 6) is -1.29. The van der Waals surface area contributed by atoms with E-state index >= 15 is 0 Å². The van der Waals surface area contributed by atoms with Crippen molar-refractivity contribution in [3.8, 4) is 5.69 Å². The largest absolute Gasteiger partial charge is 0.350 e. The topological polar surface area (TPSA) is 73.0 Å². The Morgan fingerprint density at radius 1 is 1.17 bits per heavy atom. The molecule has 2 aliphatic rings. The summed E-state index contributed by atoms with van der Waals surface area (Å²) < 4.78 is 34.3. The molecular formula is C21H20F2N4O2. The number of nitrogens with zero attached hydrogens (tertiary/aromatic N) is 3. The standard InChI is InChI=1S/C21H20F2N4O2/c22-12-8-9-19(15(23)10-12)27-18-7-3-6-16(14(18)11-24-27)25-21(28)20-13-4-1-2-5-17(13)26-29-20/h8-11,16H,1-7H2,(H,25,28)/t16-/m1/s1. The van der Waals surface area contributed by atoms with Crippen LogP contribution in [-0.4, -0.2) is 20.8 Å². The zero-order chi connectivity index (χ0) is 20.0. The maximum atomic E-state index is 14.2. The predicted octanol–water partition coefficient (Wildman–Crippen LogP) is 3.82. The van der Waals surface area contributed by atoms with Crippen molar-refractivity contribution in [1.29, 1.82) is 0 Å². The van der Waals surface area contributed by atoms with Crippen LogP contribution in [0.4, 0.5) is 8.78 Å². The Bertz CT molecular complexity index is 1090. The second-order valence-corrected chi connectivity index (χ2v) is 7.62. The van der Waals surface area contributed by atoms with E-state index in [9.17, 15) is 13.6 Å². The maximum absolute atomic E-state index is 14.2. The van der Waals surface area contributed by atoms with E-state index in [1.807, 2.05) is 0 Å². The van der Waals surface area contributed by atoms with Gasteiger partial charge in [-0.3, -0.25) is 4.79 Å². The quantitative estimate of drug-likeness (QED) is 0.728. The molecule has 1 atom stereocenters. The lowest BCUT2D eigenvalue weighted by atomic mass is 9.92. The van der Waals surface area contributed by atoms with Gasteiger partial charge in [-0.2, -0.15) is 5.10 Å². The molecule has 0 spiro atoms. The monoisotopic (exact) mass is 398 g/mol. The Morgan fingerprint density at radius 3 is 2.90 bits per heavy atom. The van der Waals surface area contributed by atoms with Crippen LogP contribution in [0.2, 0.25) is 0 Å². The van der Waals surface area contributed by atoms with Crippen molar-refractivity contribution in [2.75, 3.05) is 0 Å². The normalized spacial score (nSPS) is 18.2. The Morgan fingerprint density at radius 2 is 2.03 bits per heavy atom. The van der Waals surface area contributed by atoms with Gasteiger partial charge in [0, 0.05) is 22.9 Å². The summed E-state index contributed by atoms with van der Waals surface area (Å²) in [4.78, 5) is 12.9. The van der Waals surface area contributed by atoms with E-state index in [1.54, 1.807) is 6.20 Å². The minimum Gasteiger partial charge on any atom is -0.350 e. The fraction of sp³-hybridized carbons (Fsp3) is 0.381. The number of amides is 1. The number of hydrogen-bond acceptors (Lipinski definition) is 4. The van der Waals surface area contributed by atoms with Crippen LogP contribution in [0.15, 0.2) is 28.9 Å². The summed E-state index contributed by atoms with van der Waals surface area (Å²) in [6.07, 6.45) is 7.67. The van der Waals surface area contributed by atoms with Crippen LogP contribution in [0.25, 0.3) is 5.69 Å². The number of carbonyl (C=O) groups excluding carboxylic acids is 1. The van der Waals surface area contributed by atoms with E-state index in [4.69, 9.17) is 4.52 Å². The van der Waals surface area contributed by atoms with E-state index in [0.29, 0.717) is 12.2 Å². The minimum atomic E-state index is -0.671. The number of benzene rings is 1. The molecule has 0 saturated heterocycles. The summed E-state index contributed by atoms with van der Waals surface area (Å²) in [7, 11) is 0. The van der Waals surface area contributed by atoms with Gasteiger partial charge in [-0.1, -0.05) is 5.16 Å². The highest BCUT2D eigenvalue weighted by Gasteiger charge is 2.30. The molecule has 0 fully saturated rings. The van der Waals surface area contributed by atoms with Crippen LogP contribution in [0.3, 0.4) is 0 Å². The number of nitrogens with one attached hydrogen (secondary N) is 1. The minimum absolute atomic E-state index is 0.198. The van der Waals surface area contributed by atoms with Crippen LogP contribution < -0.4 is 5.32 Å². The van der Waals surface area contributed by atoms with Gasteiger partial charge >= 0.3 is 0 Å². The van der Waals surface area contributed by atoms with Crippen molar-refractivity contribution >= 4 is 5.91 Å². The first kappa shape index (κ1) is 18.0. The zero-order valence-electron chi connectivity index (χ0n) is 15.8. The molecule has 1 amide bonds. The molecule has 1 aromatic carbocycles. The highest BCUT2D eigenvalue weighted by Crippen LogP contribution is 2.32. The third-order valence-corrected chi connectivity index (χ3v) is 5.79. The average molecular weight is 398 g/mol. The number of aromatic nitrogens is 3. The first-order valence-electron chi connectivity index (χ1n) is 9.92. The summed E-state index contributed by atoms with van der Waals surface area (Å²) in [6.45, 7) is 0. The Balaban J connectivity index is 1.42. The number of rotatable bonds is 3. The van der Waals surface area contributed by atoms with Crippen LogP contribution in [-0.2, 0) is 19.3 Å². The van der Waals surface area contributed by atoms with E-state index in [1.165, 1.54) is 16.8 Å². The fourth-order valence-corrected chi connectivity index (χ4v) is 4.36. The van der Waals surface area contributed by atoms with Gasteiger partial charge in [0.15, 0.2) is 5.82 Å². The van der Waals surface area contributed by atoms with Gasteiger partial charge in [0.05, 0.1) is 17.9 Å². The van der Waals surface area contributed by atoms with Gasteiger partial charge in [0.2, 0.25) is 5.76 Å². The van der Waals surface area contributed by atoms with Crippen molar-refractivity contribution in [2.24, 2.45) is 0 Å². The fourth-order valence-electron chi connectivity index (χ4n) is 4.36. The molecule has 0 bridgehead atoms. The molecule has 150 valence electrons. The molecule has 6 nitrogen and oxygen atoms in total. The van der Waals surface area contributed by atoms with Crippen molar-refractivity contribution in [1.82, 2.24) is 20.3 Å². The van der Waals surface area contributed by atoms with Gasteiger partial charge in [-0.15, -0.1) is 0 Å². The molecule has 0 saturated carbocycles. The lowest BCUT2D eigenvalue weighted by molar-refractivity contribution is 0.0894. The number of halogens is 2. The average Bonchev–Trinajstić information content (AvgIpc) is 3.33. The molecule has 1 N–H and O–H groups in total. The molecule has 0 aliphatic heterocycles. The van der Waals surface area contributed by atoms with E-state index in [2.05, 4.69) is 15.6 Å². The molecular weight excluding hydrogens is 378 g/mol. The van der Waals surface area contributed by atoms with Gasteiger partial charge in [-0.25, -0.2) is 13.5 Å². The van der Waals surface area contributed by atoms with Crippen molar-refractivity contribution in [3.63, 3.8) is 0 Å². The summed E-state index contributed by atoms with van der Waals surface area (Å²) >= 11 is 0. The highest BCUT2D eigenvalue weighted by atomic mass is 19.1. The highest BCUT2D eigenvalue weighted by molar-refractivity contribution is 5.93.